The number of H-pyrrole nitrogens is 1. The normalized spacial score (nSPS) is 26.1. The number of rotatable bonds is 9. The molecular formula is C28H33F3N8O4. The number of alkyl halides is 3. The van der Waals surface area contributed by atoms with Gasteiger partial charge in [-0.1, -0.05) is 0 Å². The first-order valence-corrected chi connectivity index (χ1v) is 14.1. The van der Waals surface area contributed by atoms with E-state index < -0.39 is 30.9 Å². The number of fused-ring (bicyclic) bond motifs is 2. The zero-order valence-corrected chi connectivity index (χ0v) is 23.5. The SMILES string of the molecule is CC(C)N(/C=C/C1O[C@@H](n2cnc3c(N)ncnc32)[C@H](O)[C@@H]1O)C1CC(CCc2nc3ccc(OC(F)(F)F)cc3[nH]2)C1. The highest BCUT2D eigenvalue weighted by atomic mass is 19.4. The van der Waals surface area contributed by atoms with Crippen LogP contribution in [0.15, 0.2) is 43.1 Å². The summed E-state index contributed by atoms with van der Waals surface area (Å²) >= 11 is 0. The molecule has 4 atom stereocenters. The molecule has 1 unspecified atom stereocenters. The monoisotopic (exact) mass is 602 g/mol. The van der Waals surface area contributed by atoms with Crippen molar-refractivity contribution in [3.05, 3.63) is 49.0 Å². The average molecular weight is 603 g/mol. The second-order valence-corrected chi connectivity index (χ2v) is 11.4. The number of imidazole rings is 2. The summed E-state index contributed by atoms with van der Waals surface area (Å²) in [5.41, 5.74) is 7.76. The van der Waals surface area contributed by atoms with E-state index in [1.54, 1.807) is 10.6 Å². The maximum absolute atomic E-state index is 12.5. The number of nitrogens with one attached hydrogen (secondary N) is 1. The number of aliphatic hydroxyl groups is 2. The molecule has 2 fully saturated rings. The molecule has 0 bridgehead atoms. The highest BCUT2D eigenvalue weighted by Crippen LogP contribution is 2.37. The van der Waals surface area contributed by atoms with Crippen LogP contribution in [0.3, 0.4) is 0 Å². The summed E-state index contributed by atoms with van der Waals surface area (Å²) in [6, 6.07) is 4.57. The molecule has 12 nitrogen and oxygen atoms in total. The molecule has 1 saturated carbocycles. The van der Waals surface area contributed by atoms with Crippen molar-refractivity contribution >= 4 is 28.0 Å². The average Bonchev–Trinajstić information content (AvgIpc) is 3.60. The quantitative estimate of drug-likeness (QED) is 0.223. The molecule has 43 heavy (non-hydrogen) atoms. The molecule has 2 aliphatic rings. The second-order valence-electron chi connectivity index (χ2n) is 11.4. The van der Waals surface area contributed by atoms with Crippen molar-refractivity contribution in [3.8, 4) is 5.75 Å². The van der Waals surface area contributed by atoms with Crippen molar-refractivity contribution in [2.75, 3.05) is 5.73 Å². The Morgan fingerprint density at radius 1 is 1.21 bits per heavy atom. The van der Waals surface area contributed by atoms with Crippen LogP contribution in [0.2, 0.25) is 0 Å². The van der Waals surface area contributed by atoms with E-state index >= 15 is 0 Å². The topological polar surface area (TPSA) is 160 Å². The van der Waals surface area contributed by atoms with E-state index in [0.717, 1.165) is 25.1 Å². The van der Waals surface area contributed by atoms with Gasteiger partial charge in [0.05, 0.1) is 17.4 Å². The van der Waals surface area contributed by atoms with Crippen LogP contribution in [0.5, 0.6) is 5.75 Å². The molecule has 0 spiro atoms. The zero-order chi connectivity index (χ0) is 30.5. The molecule has 0 radical (unpaired) electrons. The first kappa shape index (κ1) is 29.1. The number of benzene rings is 1. The Bertz CT molecular complexity index is 1620. The summed E-state index contributed by atoms with van der Waals surface area (Å²) in [6.45, 7) is 4.18. The van der Waals surface area contributed by atoms with Crippen molar-refractivity contribution in [3.63, 3.8) is 0 Å². The summed E-state index contributed by atoms with van der Waals surface area (Å²) in [5, 5.41) is 21.5. The summed E-state index contributed by atoms with van der Waals surface area (Å²) in [5.74, 6) is 1.13. The van der Waals surface area contributed by atoms with Gasteiger partial charge in [0, 0.05) is 24.6 Å². The maximum Gasteiger partial charge on any atom is 0.573 e. The third-order valence-electron chi connectivity index (χ3n) is 8.14. The number of aromatic amines is 1. The van der Waals surface area contributed by atoms with Gasteiger partial charge < -0.3 is 35.3 Å². The second kappa shape index (κ2) is 11.3. The van der Waals surface area contributed by atoms with Gasteiger partial charge in [0.25, 0.3) is 0 Å². The van der Waals surface area contributed by atoms with Crippen LogP contribution in [0.4, 0.5) is 19.0 Å². The lowest BCUT2D eigenvalue weighted by Gasteiger charge is -2.45. The molecule has 6 rings (SSSR count). The molecular weight excluding hydrogens is 569 g/mol. The number of hydrogen-bond donors (Lipinski definition) is 4. The third kappa shape index (κ3) is 5.96. The van der Waals surface area contributed by atoms with Gasteiger partial charge >= 0.3 is 6.36 Å². The Balaban J connectivity index is 1.04. The molecule has 1 aromatic carbocycles. The Labute approximate surface area is 244 Å². The molecule has 1 aliphatic carbocycles. The van der Waals surface area contributed by atoms with Gasteiger partial charge in [-0.2, -0.15) is 0 Å². The number of anilines is 1. The van der Waals surface area contributed by atoms with E-state index in [-0.39, 0.29) is 17.6 Å². The fraction of sp³-hybridized carbons (Fsp3) is 0.500. The summed E-state index contributed by atoms with van der Waals surface area (Å²) in [7, 11) is 0. The lowest BCUT2D eigenvalue weighted by molar-refractivity contribution is -0.274. The van der Waals surface area contributed by atoms with E-state index in [1.165, 1.54) is 30.9 Å². The highest BCUT2D eigenvalue weighted by molar-refractivity contribution is 5.81. The molecule has 1 saturated heterocycles. The summed E-state index contributed by atoms with van der Waals surface area (Å²) in [6.07, 6.45) is 1.23. The fourth-order valence-corrected chi connectivity index (χ4v) is 5.91. The van der Waals surface area contributed by atoms with E-state index in [9.17, 15) is 23.4 Å². The Kier molecular flexibility index (Phi) is 7.64. The lowest BCUT2D eigenvalue weighted by Crippen LogP contribution is -2.45. The van der Waals surface area contributed by atoms with Crippen molar-refractivity contribution in [1.82, 2.24) is 34.4 Å². The fourth-order valence-electron chi connectivity index (χ4n) is 5.91. The molecule has 4 heterocycles. The largest absolute Gasteiger partial charge is 0.573 e. The standard InChI is InChI=1S/C28H33F3N8O4/c1-14(2)38(8-7-20-23(40)24(41)27(42-20)39-13-35-22-25(32)33-12-34-26(22)39)16-9-15(10-16)3-6-21-36-18-5-4-17(11-19(18)37-21)43-28(29,30)31/h4-5,7-8,11-16,20,23-24,27,40-41H,3,6,9-10H2,1-2H3,(H,36,37)(H2,32,33,34)/b8-7+/t15?,16?,20?,23-,24-,27-/m1/s1. The molecule has 230 valence electrons. The van der Waals surface area contributed by atoms with Gasteiger partial charge in [-0.05, 0) is 63.4 Å². The van der Waals surface area contributed by atoms with Gasteiger partial charge in [-0.3, -0.25) is 4.57 Å². The van der Waals surface area contributed by atoms with Crippen LogP contribution in [-0.4, -0.2) is 81.4 Å². The number of aromatic nitrogens is 6. The number of hydrogen-bond acceptors (Lipinski definition) is 10. The minimum atomic E-state index is -4.74. The molecule has 1 aliphatic heterocycles. The van der Waals surface area contributed by atoms with Crippen LogP contribution in [0.1, 0.15) is 45.2 Å². The van der Waals surface area contributed by atoms with Gasteiger partial charge in [0.2, 0.25) is 0 Å². The minimum absolute atomic E-state index is 0.196. The number of aliphatic hydroxyl groups excluding tert-OH is 2. The number of aryl methyl sites for hydroxylation is 1. The maximum atomic E-state index is 12.5. The third-order valence-corrected chi connectivity index (χ3v) is 8.14. The molecule has 15 heteroatoms. The van der Waals surface area contributed by atoms with E-state index in [4.69, 9.17) is 10.5 Å². The van der Waals surface area contributed by atoms with Crippen LogP contribution in [0.25, 0.3) is 22.2 Å². The Morgan fingerprint density at radius 3 is 2.74 bits per heavy atom. The van der Waals surface area contributed by atoms with E-state index in [1.807, 2.05) is 6.20 Å². The van der Waals surface area contributed by atoms with Gasteiger partial charge in [0.15, 0.2) is 17.7 Å². The van der Waals surface area contributed by atoms with Crippen LogP contribution >= 0.6 is 0 Å². The molecule has 3 aromatic heterocycles. The predicted molar refractivity (Wildman–Crippen MR) is 149 cm³/mol. The van der Waals surface area contributed by atoms with Crippen LogP contribution < -0.4 is 10.5 Å². The Hall–Kier alpha value is -3.95. The van der Waals surface area contributed by atoms with Crippen molar-refractivity contribution in [1.29, 1.82) is 0 Å². The number of nitrogen functional groups attached to an aromatic ring is 1. The molecule has 0 amide bonds. The number of nitrogens with zero attached hydrogens (tertiary/aromatic N) is 6. The van der Waals surface area contributed by atoms with Crippen LogP contribution in [0, 0.1) is 5.92 Å². The summed E-state index contributed by atoms with van der Waals surface area (Å²) < 4.78 is 49.2. The molecule has 5 N–H and O–H groups in total. The van der Waals surface area contributed by atoms with Crippen molar-refractivity contribution in [2.24, 2.45) is 5.92 Å². The molecule has 4 aromatic rings. The minimum Gasteiger partial charge on any atom is -0.406 e. The van der Waals surface area contributed by atoms with E-state index in [0.29, 0.717) is 40.6 Å². The van der Waals surface area contributed by atoms with Gasteiger partial charge in [0.1, 0.15) is 41.7 Å². The first-order valence-electron chi connectivity index (χ1n) is 14.1. The van der Waals surface area contributed by atoms with Crippen molar-refractivity contribution < 1.29 is 32.9 Å². The summed E-state index contributed by atoms with van der Waals surface area (Å²) in [4.78, 5) is 22.2. The first-order chi connectivity index (χ1) is 20.5. The number of halogens is 3. The van der Waals surface area contributed by atoms with Gasteiger partial charge in [-0.25, -0.2) is 19.9 Å². The van der Waals surface area contributed by atoms with Gasteiger partial charge in [-0.15, -0.1) is 13.2 Å². The highest BCUT2D eigenvalue weighted by Gasteiger charge is 2.43. The number of ether oxygens (including phenoxy) is 2. The van der Waals surface area contributed by atoms with E-state index in [2.05, 4.69) is 48.4 Å². The smallest absolute Gasteiger partial charge is 0.406 e. The Morgan fingerprint density at radius 2 is 2.00 bits per heavy atom. The predicted octanol–water partition coefficient (Wildman–Crippen LogP) is 3.44. The zero-order valence-electron chi connectivity index (χ0n) is 23.5. The van der Waals surface area contributed by atoms with Crippen LogP contribution in [-0.2, 0) is 11.2 Å². The lowest BCUT2D eigenvalue weighted by atomic mass is 9.76. The van der Waals surface area contributed by atoms with Crippen molar-refractivity contribution in [2.45, 2.75) is 82.5 Å². The number of nitrogens with two attached hydrogens (primary N) is 1.